The number of rotatable bonds is 9. The van der Waals surface area contributed by atoms with E-state index in [2.05, 4.69) is 39.6 Å². The topological polar surface area (TPSA) is 15.7 Å². The fourth-order valence-corrected chi connectivity index (χ4v) is 6.21. The number of ether oxygens (including phenoxy) is 1. The van der Waals surface area contributed by atoms with Crippen molar-refractivity contribution in [2.75, 3.05) is 39.3 Å². The molecule has 2 saturated heterocycles. The predicted octanol–water partition coefficient (Wildman–Crippen LogP) is 6.55. The molecule has 2 atom stereocenters. The van der Waals surface area contributed by atoms with Crippen molar-refractivity contribution in [3.63, 3.8) is 0 Å². The number of piperidine rings is 1. The van der Waals surface area contributed by atoms with Crippen LogP contribution >= 0.6 is 34.5 Å². The maximum atomic E-state index is 6.47. The molecule has 0 aliphatic carbocycles. The molecule has 3 heterocycles. The minimum Gasteiger partial charge on any atom is -0.378 e. The van der Waals surface area contributed by atoms with E-state index in [9.17, 15) is 0 Å². The normalized spacial score (nSPS) is 23.6. The van der Waals surface area contributed by atoms with Crippen LogP contribution in [0.4, 0.5) is 0 Å². The second-order valence-electron chi connectivity index (χ2n) is 9.08. The van der Waals surface area contributed by atoms with E-state index in [-0.39, 0.29) is 0 Å². The van der Waals surface area contributed by atoms with E-state index in [1.165, 1.54) is 43.4 Å². The van der Waals surface area contributed by atoms with E-state index in [0.29, 0.717) is 23.0 Å². The van der Waals surface area contributed by atoms with E-state index in [1.54, 1.807) is 0 Å². The highest BCUT2D eigenvalue weighted by Gasteiger charge is 2.36. The average molecular weight is 482 g/mol. The maximum absolute atomic E-state index is 6.47. The van der Waals surface area contributed by atoms with Crippen molar-refractivity contribution in [2.24, 2.45) is 5.92 Å². The van der Waals surface area contributed by atoms with Gasteiger partial charge in [-0.25, -0.2) is 0 Å². The first-order chi connectivity index (χ1) is 15.1. The van der Waals surface area contributed by atoms with Crippen LogP contribution in [0, 0.1) is 5.92 Å². The van der Waals surface area contributed by atoms with Crippen LogP contribution in [0.2, 0.25) is 10.0 Å². The van der Waals surface area contributed by atoms with Gasteiger partial charge < -0.3 is 9.64 Å². The molecule has 0 spiro atoms. The zero-order valence-corrected chi connectivity index (χ0v) is 20.8. The van der Waals surface area contributed by atoms with Crippen molar-refractivity contribution in [1.82, 2.24) is 9.80 Å². The highest BCUT2D eigenvalue weighted by atomic mass is 35.5. The first-order valence-corrected chi connectivity index (χ1v) is 13.3. The van der Waals surface area contributed by atoms with Crippen molar-refractivity contribution in [2.45, 2.75) is 51.2 Å². The van der Waals surface area contributed by atoms with E-state index in [4.69, 9.17) is 27.9 Å². The summed E-state index contributed by atoms with van der Waals surface area (Å²) in [4.78, 5) is 5.24. The van der Waals surface area contributed by atoms with Crippen molar-refractivity contribution < 1.29 is 4.74 Å². The molecule has 0 saturated carbocycles. The molecule has 4 rings (SSSR count). The standard InChI is InChI=1S/C25H34Cl2N2OS/c1-2-3-11-30-23-6-9-28(10-7-23)15-21-16-29(17-24(21)20-8-12-31-18-20)14-19-4-5-22(26)13-25(19)27/h4-5,8,12-13,18,21,23-24H,2-3,6-7,9-11,14-17H2,1H3/t21-,24+/m0/s1. The summed E-state index contributed by atoms with van der Waals surface area (Å²) in [6.07, 6.45) is 5.19. The lowest BCUT2D eigenvalue weighted by molar-refractivity contribution is 0.00336. The molecule has 0 unspecified atom stereocenters. The largest absolute Gasteiger partial charge is 0.378 e. The molecule has 1 aromatic heterocycles. The van der Waals surface area contributed by atoms with Crippen LogP contribution in [0.5, 0.6) is 0 Å². The number of unbranched alkanes of at least 4 members (excludes halogenated alkanes) is 1. The molecular formula is C25H34Cl2N2OS. The van der Waals surface area contributed by atoms with E-state index >= 15 is 0 Å². The summed E-state index contributed by atoms with van der Waals surface area (Å²) in [5.41, 5.74) is 2.67. The second kappa shape index (κ2) is 11.5. The molecule has 170 valence electrons. The number of hydrogen-bond acceptors (Lipinski definition) is 4. The Balaban J connectivity index is 1.35. The smallest absolute Gasteiger partial charge is 0.0599 e. The zero-order chi connectivity index (χ0) is 21.6. The Hall–Kier alpha value is -0.620. The van der Waals surface area contributed by atoms with Crippen molar-refractivity contribution in [1.29, 1.82) is 0 Å². The molecule has 0 N–H and O–H groups in total. The van der Waals surface area contributed by atoms with Gasteiger partial charge in [-0.1, -0.05) is 42.6 Å². The van der Waals surface area contributed by atoms with Crippen LogP contribution in [0.25, 0.3) is 0 Å². The summed E-state index contributed by atoms with van der Waals surface area (Å²) in [5, 5.41) is 6.02. The molecule has 0 radical (unpaired) electrons. The predicted molar refractivity (Wildman–Crippen MR) is 133 cm³/mol. The Morgan fingerprint density at radius 2 is 1.94 bits per heavy atom. The molecule has 6 heteroatoms. The van der Waals surface area contributed by atoms with Gasteiger partial charge in [-0.2, -0.15) is 11.3 Å². The van der Waals surface area contributed by atoms with E-state index < -0.39 is 0 Å². The highest BCUT2D eigenvalue weighted by molar-refractivity contribution is 7.08. The summed E-state index contributed by atoms with van der Waals surface area (Å²) in [7, 11) is 0. The fraction of sp³-hybridized carbons (Fsp3) is 0.600. The summed E-state index contributed by atoms with van der Waals surface area (Å²) in [5.74, 6) is 1.24. The summed E-state index contributed by atoms with van der Waals surface area (Å²) < 4.78 is 6.07. The lowest BCUT2D eigenvalue weighted by Crippen LogP contribution is -2.41. The van der Waals surface area contributed by atoms with Gasteiger partial charge in [0, 0.05) is 61.8 Å². The minimum atomic E-state index is 0.461. The molecule has 0 amide bonds. The van der Waals surface area contributed by atoms with Gasteiger partial charge in [0.05, 0.1) is 6.10 Å². The molecule has 2 aliphatic heterocycles. The number of likely N-dealkylation sites (tertiary alicyclic amines) is 2. The first-order valence-electron chi connectivity index (χ1n) is 11.6. The van der Waals surface area contributed by atoms with E-state index in [1.807, 2.05) is 23.5 Å². The van der Waals surface area contributed by atoms with Gasteiger partial charge in [-0.15, -0.1) is 0 Å². The Morgan fingerprint density at radius 3 is 2.65 bits per heavy atom. The number of benzene rings is 1. The molecular weight excluding hydrogens is 447 g/mol. The van der Waals surface area contributed by atoms with Gasteiger partial charge in [-0.05, 0) is 65.3 Å². The monoisotopic (exact) mass is 480 g/mol. The van der Waals surface area contributed by atoms with Crippen molar-refractivity contribution in [3.8, 4) is 0 Å². The molecule has 2 aromatic rings. The third-order valence-corrected chi connectivity index (χ3v) is 8.06. The van der Waals surface area contributed by atoms with Gasteiger partial charge in [0.1, 0.15) is 0 Å². The van der Waals surface area contributed by atoms with Gasteiger partial charge in [-0.3, -0.25) is 4.90 Å². The number of hydrogen-bond donors (Lipinski definition) is 0. The summed E-state index contributed by atoms with van der Waals surface area (Å²) in [6, 6.07) is 8.18. The molecule has 1 aromatic carbocycles. The maximum Gasteiger partial charge on any atom is 0.0599 e. The number of nitrogens with zero attached hydrogens (tertiary/aromatic N) is 2. The molecule has 0 bridgehead atoms. The Labute approximate surface area is 201 Å². The van der Waals surface area contributed by atoms with Crippen LogP contribution in [0.15, 0.2) is 35.0 Å². The summed E-state index contributed by atoms with van der Waals surface area (Å²) in [6.45, 7) is 9.74. The summed E-state index contributed by atoms with van der Waals surface area (Å²) >= 11 is 14.4. The first kappa shape index (κ1) is 23.5. The Kier molecular flexibility index (Phi) is 8.72. The van der Waals surface area contributed by atoms with Crippen LogP contribution in [-0.2, 0) is 11.3 Å². The van der Waals surface area contributed by atoms with Gasteiger partial charge in [0.15, 0.2) is 0 Å². The van der Waals surface area contributed by atoms with Crippen molar-refractivity contribution >= 4 is 34.5 Å². The lowest BCUT2D eigenvalue weighted by Gasteiger charge is -2.34. The third-order valence-electron chi connectivity index (χ3n) is 6.78. The lowest BCUT2D eigenvalue weighted by atomic mass is 9.90. The molecule has 3 nitrogen and oxygen atoms in total. The zero-order valence-electron chi connectivity index (χ0n) is 18.4. The van der Waals surface area contributed by atoms with Gasteiger partial charge >= 0.3 is 0 Å². The SMILES string of the molecule is CCCCOC1CCN(C[C@H]2CN(Cc3ccc(Cl)cc3Cl)C[C@@H]2c2ccsc2)CC1. The third kappa shape index (κ3) is 6.46. The molecule has 2 fully saturated rings. The molecule has 31 heavy (non-hydrogen) atoms. The molecule has 2 aliphatic rings. The van der Waals surface area contributed by atoms with Crippen LogP contribution in [0.3, 0.4) is 0 Å². The fourth-order valence-electron chi connectivity index (χ4n) is 5.01. The van der Waals surface area contributed by atoms with Gasteiger partial charge in [0.2, 0.25) is 0 Å². The van der Waals surface area contributed by atoms with Gasteiger partial charge in [0.25, 0.3) is 0 Å². The average Bonchev–Trinajstić information content (AvgIpc) is 3.42. The van der Waals surface area contributed by atoms with Crippen LogP contribution < -0.4 is 0 Å². The Bertz CT molecular complexity index is 808. The second-order valence-corrected chi connectivity index (χ2v) is 10.7. The van der Waals surface area contributed by atoms with Crippen LogP contribution in [0.1, 0.15) is 49.7 Å². The number of halogens is 2. The minimum absolute atomic E-state index is 0.461. The Morgan fingerprint density at radius 1 is 1.10 bits per heavy atom. The quantitative estimate of drug-likeness (QED) is 0.378. The number of thiophene rings is 1. The van der Waals surface area contributed by atoms with Crippen LogP contribution in [-0.4, -0.2) is 55.2 Å². The highest BCUT2D eigenvalue weighted by Crippen LogP contribution is 2.36. The van der Waals surface area contributed by atoms with Crippen molar-refractivity contribution in [3.05, 3.63) is 56.2 Å². The van der Waals surface area contributed by atoms with E-state index in [0.717, 1.165) is 44.4 Å².